The van der Waals surface area contributed by atoms with Crippen LogP contribution in [0.3, 0.4) is 0 Å². The molecule has 0 fully saturated rings. The van der Waals surface area contributed by atoms with Crippen molar-refractivity contribution in [2.45, 2.75) is 0 Å². The van der Waals surface area contributed by atoms with Crippen LogP contribution in [0.1, 0.15) is 0 Å². The fourth-order valence-electron chi connectivity index (χ4n) is 5.38. The summed E-state index contributed by atoms with van der Waals surface area (Å²) in [6.07, 6.45) is 0. The van der Waals surface area contributed by atoms with Crippen LogP contribution in [0.2, 0.25) is 0 Å². The normalized spacial score (nSPS) is 11.2. The van der Waals surface area contributed by atoms with Gasteiger partial charge in [0.15, 0.2) is 6.73 Å². The van der Waals surface area contributed by atoms with Crippen LogP contribution in [0.25, 0.3) is 42.1 Å². The Morgan fingerprint density at radius 2 is 1.38 bits per heavy atom. The van der Waals surface area contributed by atoms with Gasteiger partial charge in [0.1, 0.15) is 11.4 Å². The molecule has 7 rings (SSSR count). The molecule has 0 aliphatic carbocycles. The highest BCUT2D eigenvalue weighted by Crippen LogP contribution is 2.41. The predicted molar refractivity (Wildman–Crippen MR) is 172 cm³/mol. The summed E-state index contributed by atoms with van der Waals surface area (Å²) < 4.78 is 9.14. The van der Waals surface area contributed by atoms with Crippen LogP contribution >= 0.6 is 11.3 Å². The number of fused-ring (bicyclic) bond motifs is 4. The maximum atomic E-state index is 6.57. The van der Waals surface area contributed by atoms with Crippen LogP contribution in [0.4, 0.5) is 17.1 Å². The summed E-state index contributed by atoms with van der Waals surface area (Å²) in [5, 5.41) is 4.66. The molecule has 0 bridgehead atoms. The van der Waals surface area contributed by atoms with E-state index in [0.717, 1.165) is 39.0 Å². The Kier molecular flexibility index (Phi) is 6.23. The molecule has 40 heavy (non-hydrogen) atoms. The highest BCUT2D eigenvalue weighted by molar-refractivity contribution is 7.25. The van der Waals surface area contributed by atoms with Crippen LogP contribution in [0.15, 0.2) is 138 Å². The van der Waals surface area contributed by atoms with Crippen LogP contribution < -0.4 is 9.64 Å². The summed E-state index contributed by atoms with van der Waals surface area (Å²) in [4.78, 5) is 6.61. The molecule has 0 amide bonds. The third-order valence-electron chi connectivity index (χ3n) is 7.32. The van der Waals surface area contributed by atoms with Crippen molar-refractivity contribution in [1.82, 2.24) is 0 Å². The molecule has 0 aliphatic rings. The molecule has 7 aromatic rings. The Labute approximate surface area is 237 Å². The van der Waals surface area contributed by atoms with Gasteiger partial charge in [-0.2, -0.15) is 0 Å². The van der Waals surface area contributed by atoms with Gasteiger partial charge in [0.2, 0.25) is 0 Å². The average molecular weight is 535 g/mol. The number of thiophene rings is 1. The van der Waals surface area contributed by atoms with Gasteiger partial charge >= 0.3 is 0 Å². The highest BCUT2D eigenvalue weighted by Gasteiger charge is 2.18. The van der Waals surface area contributed by atoms with Crippen LogP contribution in [-0.4, -0.2) is 13.4 Å². The van der Waals surface area contributed by atoms with Crippen molar-refractivity contribution in [3.8, 4) is 16.9 Å². The third-order valence-corrected chi connectivity index (χ3v) is 8.47. The number of rotatable bonds is 7. The van der Waals surface area contributed by atoms with Gasteiger partial charge in [0.05, 0.1) is 5.69 Å². The molecule has 0 aliphatic heterocycles. The maximum Gasteiger partial charge on any atom is 0.165 e. The first kappa shape index (κ1) is 24.1. The van der Waals surface area contributed by atoms with E-state index in [4.69, 9.17) is 4.74 Å². The second kappa shape index (κ2) is 10.3. The Hall–Kier alpha value is -4.93. The highest BCUT2D eigenvalue weighted by atomic mass is 32.1. The molecule has 0 radical (unpaired) electrons. The van der Waals surface area contributed by atoms with Gasteiger partial charge in [0.25, 0.3) is 0 Å². The minimum Gasteiger partial charge on any atom is -0.470 e. The molecule has 1 aromatic heterocycles. The largest absolute Gasteiger partial charge is 0.470 e. The van der Waals surface area contributed by atoms with E-state index >= 15 is 0 Å². The van der Waals surface area contributed by atoms with Crippen LogP contribution in [0, 0.1) is 0 Å². The summed E-state index contributed by atoms with van der Waals surface area (Å²) >= 11 is 1.83. The Morgan fingerprint density at radius 3 is 2.25 bits per heavy atom. The second-order valence-corrected chi connectivity index (χ2v) is 10.7. The molecule has 3 nitrogen and oxygen atoms in total. The smallest absolute Gasteiger partial charge is 0.165 e. The average Bonchev–Trinajstić information content (AvgIpc) is 3.40. The molecule has 0 atom stereocenters. The predicted octanol–water partition coefficient (Wildman–Crippen LogP) is 10.4. The number of hydrogen-bond acceptors (Lipinski definition) is 4. The van der Waals surface area contributed by atoms with Crippen molar-refractivity contribution in [1.29, 1.82) is 0 Å². The first-order chi connectivity index (χ1) is 19.8. The van der Waals surface area contributed by atoms with Gasteiger partial charge in [-0.3, -0.25) is 4.99 Å². The summed E-state index contributed by atoms with van der Waals surface area (Å²) in [5.41, 5.74) is 5.19. The fraction of sp³-hybridized carbons (Fsp3) is 0.0278. The number of nitrogens with zero attached hydrogens (tertiary/aromatic N) is 2. The van der Waals surface area contributed by atoms with Crippen molar-refractivity contribution in [2.24, 2.45) is 4.99 Å². The van der Waals surface area contributed by atoms with E-state index in [0.29, 0.717) is 12.5 Å². The Balaban J connectivity index is 1.37. The Morgan fingerprint density at radius 1 is 0.650 bits per heavy atom. The number of ether oxygens (including phenoxy) is 1. The standard InChI is InChI=1S/C36H26N2OS/c1-37-36-29-15-6-5-13-26(29)19-21-33(36)39-24-38(32-17-9-7-14-28(32)25-11-3-2-4-12-25)27-20-22-35-31(23-27)30-16-8-10-18-34(30)40-35/h2-23H,1,24H2. The zero-order chi connectivity index (χ0) is 26.9. The number of para-hydroxylation sites is 1. The molecule has 0 spiro atoms. The molecule has 0 saturated heterocycles. The molecule has 6 aromatic carbocycles. The molecule has 4 heteroatoms. The lowest BCUT2D eigenvalue weighted by molar-refractivity contribution is 0.328. The first-order valence-electron chi connectivity index (χ1n) is 13.2. The maximum absolute atomic E-state index is 6.57. The van der Waals surface area contributed by atoms with Crippen molar-refractivity contribution < 1.29 is 4.74 Å². The SMILES string of the molecule is C=Nc1c(OCN(c2ccc3sc4ccccc4c3c2)c2ccccc2-c2ccccc2)ccc2ccccc12. The van der Waals surface area contributed by atoms with Crippen molar-refractivity contribution in [3.05, 3.63) is 133 Å². The quantitative estimate of drug-likeness (QED) is 0.150. The molecule has 1 heterocycles. The Bertz CT molecular complexity index is 1990. The lowest BCUT2D eigenvalue weighted by atomic mass is 10.0. The van der Waals surface area contributed by atoms with Crippen molar-refractivity contribution in [2.75, 3.05) is 11.6 Å². The number of benzene rings is 6. The third kappa shape index (κ3) is 4.29. The lowest BCUT2D eigenvalue weighted by Crippen LogP contribution is -2.23. The van der Waals surface area contributed by atoms with Crippen LogP contribution in [-0.2, 0) is 0 Å². The summed E-state index contributed by atoms with van der Waals surface area (Å²) in [7, 11) is 0. The lowest BCUT2D eigenvalue weighted by Gasteiger charge is -2.28. The number of hydrogen-bond donors (Lipinski definition) is 0. The zero-order valence-corrected chi connectivity index (χ0v) is 22.6. The monoisotopic (exact) mass is 534 g/mol. The first-order valence-corrected chi connectivity index (χ1v) is 14.1. The van der Waals surface area contributed by atoms with E-state index in [1.807, 2.05) is 35.6 Å². The van der Waals surface area contributed by atoms with Crippen LogP contribution in [0.5, 0.6) is 5.75 Å². The van der Waals surface area contributed by atoms with Gasteiger partial charge in [0, 0.05) is 36.8 Å². The van der Waals surface area contributed by atoms with Crippen molar-refractivity contribution >= 4 is 66.1 Å². The second-order valence-electron chi connectivity index (χ2n) is 9.65. The molecular weight excluding hydrogens is 508 g/mol. The van der Waals surface area contributed by atoms with Gasteiger partial charge in [-0.1, -0.05) is 97.1 Å². The van der Waals surface area contributed by atoms with Crippen molar-refractivity contribution in [3.63, 3.8) is 0 Å². The van der Waals surface area contributed by atoms with E-state index < -0.39 is 0 Å². The van der Waals surface area contributed by atoms with Gasteiger partial charge in [-0.15, -0.1) is 11.3 Å². The van der Waals surface area contributed by atoms with E-state index in [2.05, 4.69) is 126 Å². The minimum absolute atomic E-state index is 0.304. The molecular formula is C36H26N2OS. The number of aliphatic imine (C=N–C) groups is 1. The van der Waals surface area contributed by atoms with Gasteiger partial charge in [-0.05, 0) is 54.1 Å². The summed E-state index contributed by atoms with van der Waals surface area (Å²) in [6.45, 7) is 4.16. The fourth-order valence-corrected chi connectivity index (χ4v) is 6.47. The summed E-state index contributed by atoms with van der Waals surface area (Å²) in [6, 6.07) is 46.5. The van der Waals surface area contributed by atoms with E-state index in [9.17, 15) is 0 Å². The van der Waals surface area contributed by atoms with E-state index in [1.165, 1.54) is 20.2 Å². The molecule has 0 N–H and O–H groups in total. The van der Waals surface area contributed by atoms with E-state index in [-0.39, 0.29) is 0 Å². The van der Waals surface area contributed by atoms with E-state index in [1.54, 1.807) is 0 Å². The minimum atomic E-state index is 0.304. The molecule has 0 unspecified atom stereocenters. The molecule has 0 saturated carbocycles. The number of anilines is 2. The van der Waals surface area contributed by atoms with Gasteiger partial charge in [-0.25, -0.2) is 0 Å². The zero-order valence-electron chi connectivity index (χ0n) is 21.8. The molecule has 192 valence electrons. The summed E-state index contributed by atoms with van der Waals surface area (Å²) in [5.74, 6) is 0.706. The van der Waals surface area contributed by atoms with Gasteiger partial charge < -0.3 is 9.64 Å². The topological polar surface area (TPSA) is 24.8 Å².